The minimum Gasteiger partial charge on any atom is -0.370 e. The van der Waals surface area contributed by atoms with Crippen LogP contribution in [0.3, 0.4) is 0 Å². The van der Waals surface area contributed by atoms with Gasteiger partial charge in [0.15, 0.2) is 0 Å². The molecule has 0 aliphatic carbocycles. The third-order valence-corrected chi connectivity index (χ3v) is 4.52. The molecule has 0 bridgehead atoms. The SMILES string of the molecule is CCNc1nc(C)nc(NCC2CCCS2)c1C. The maximum absolute atomic E-state index is 4.51. The zero-order chi connectivity index (χ0) is 13.0. The van der Waals surface area contributed by atoms with Crippen molar-refractivity contribution in [1.82, 2.24) is 9.97 Å². The standard InChI is InChI=1S/C13H22N4S/c1-4-14-12-9(2)13(17-10(3)16-12)15-8-11-6-5-7-18-11/h11H,4-8H2,1-3H3,(H2,14,15,16,17). The second-order valence-corrected chi connectivity index (χ2v) is 6.05. The van der Waals surface area contributed by atoms with Gasteiger partial charge >= 0.3 is 0 Å². The molecular formula is C13H22N4S. The molecule has 1 unspecified atom stereocenters. The zero-order valence-corrected chi connectivity index (χ0v) is 12.2. The van der Waals surface area contributed by atoms with E-state index in [1.54, 1.807) is 0 Å². The second kappa shape index (κ2) is 6.27. The summed E-state index contributed by atoms with van der Waals surface area (Å²) in [6.45, 7) is 7.99. The van der Waals surface area contributed by atoms with Gasteiger partial charge in [0.1, 0.15) is 17.5 Å². The molecule has 4 nitrogen and oxygen atoms in total. The summed E-state index contributed by atoms with van der Waals surface area (Å²) in [5, 5.41) is 7.51. The molecule has 1 aromatic rings. The number of nitrogens with zero attached hydrogens (tertiary/aromatic N) is 2. The first-order valence-electron chi connectivity index (χ1n) is 6.65. The van der Waals surface area contributed by atoms with Crippen molar-refractivity contribution in [3.05, 3.63) is 11.4 Å². The number of hydrogen-bond acceptors (Lipinski definition) is 5. The Balaban J connectivity index is 2.06. The highest BCUT2D eigenvalue weighted by molar-refractivity contribution is 8.00. The number of anilines is 2. The summed E-state index contributed by atoms with van der Waals surface area (Å²) in [4.78, 5) is 8.94. The maximum atomic E-state index is 4.51. The molecule has 0 radical (unpaired) electrons. The zero-order valence-electron chi connectivity index (χ0n) is 11.4. The van der Waals surface area contributed by atoms with Gasteiger partial charge in [-0.2, -0.15) is 11.8 Å². The first-order chi connectivity index (χ1) is 8.70. The molecule has 0 spiro atoms. The van der Waals surface area contributed by atoms with Crippen LogP contribution in [0.4, 0.5) is 11.6 Å². The molecule has 5 heteroatoms. The minimum absolute atomic E-state index is 0.738. The molecule has 100 valence electrons. The van der Waals surface area contributed by atoms with Crippen LogP contribution in [0.2, 0.25) is 0 Å². The van der Waals surface area contributed by atoms with Gasteiger partial charge in [0.05, 0.1) is 0 Å². The van der Waals surface area contributed by atoms with Gasteiger partial charge in [0.2, 0.25) is 0 Å². The van der Waals surface area contributed by atoms with Gasteiger partial charge in [-0.1, -0.05) is 0 Å². The molecule has 2 rings (SSSR count). The fourth-order valence-electron chi connectivity index (χ4n) is 2.16. The Hall–Kier alpha value is -0.970. The van der Waals surface area contributed by atoms with Gasteiger partial charge < -0.3 is 10.6 Å². The number of nitrogens with one attached hydrogen (secondary N) is 2. The van der Waals surface area contributed by atoms with Crippen LogP contribution in [0.15, 0.2) is 0 Å². The summed E-state index contributed by atoms with van der Waals surface area (Å²) in [5.41, 5.74) is 1.12. The van der Waals surface area contributed by atoms with Crippen LogP contribution in [0, 0.1) is 13.8 Å². The van der Waals surface area contributed by atoms with E-state index in [0.29, 0.717) is 0 Å². The quantitative estimate of drug-likeness (QED) is 0.858. The van der Waals surface area contributed by atoms with Gasteiger partial charge in [-0.3, -0.25) is 0 Å². The van der Waals surface area contributed by atoms with Crippen molar-refractivity contribution >= 4 is 23.4 Å². The third kappa shape index (κ3) is 3.28. The van der Waals surface area contributed by atoms with Crippen LogP contribution < -0.4 is 10.6 Å². The largest absolute Gasteiger partial charge is 0.370 e. The number of thioether (sulfide) groups is 1. The minimum atomic E-state index is 0.738. The molecule has 0 amide bonds. The maximum Gasteiger partial charge on any atom is 0.134 e. The molecule has 1 fully saturated rings. The molecular weight excluding hydrogens is 244 g/mol. The monoisotopic (exact) mass is 266 g/mol. The van der Waals surface area contributed by atoms with Crippen molar-refractivity contribution in [2.75, 3.05) is 29.5 Å². The highest BCUT2D eigenvalue weighted by Gasteiger charge is 2.16. The van der Waals surface area contributed by atoms with Crippen molar-refractivity contribution in [2.45, 2.75) is 38.9 Å². The van der Waals surface area contributed by atoms with Crippen molar-refractivity contribution in [1.29, 1.82) is 0 Å². The van der Waals surface area contributed by atoms with E-state index in [9.17, 15) is 0 Å². The third-order valence-electron chi connectivity index (χ3n) is 3.12. The smallest absolute Gasteiger partial charge is 0.134 e. The first kappa shape index (κ1) is 13.5. The van der Waals surface area contributed by atoms with Gasteiger partial charge in [-0.25, -0.2) is 9.97 Å². The van der Waals surface area contributed by atoms with E-state index in [2.05, 4.69) is 46.2 Å². The number of rotatable bonds is 5. The van der Waals surface area contributed by atoms with Gasteiger partial charge in [-0.05, 0) is 39.4 Å². The summed E-state index contributed by atoms with van der Waals surface area (Å²) >= 11 is 2.06. The van der Waals surface area contributed by atoms with Crippen LogP contribution in [0.25, 0.3) is 0 Å². The Morgan fingerprint density at radius 1 is 1.22 bits per heavy atom. The first-order valence-corrected chi connectivity index (χ1v) is 7.70. The Labute approximate surface area is 113 Å². The van der Waals surface area contributed by atoms with E-state index >= 15 is 0 Å². The Morgan fingerprint density at radius 3 is 2.56 bits per heavy atom. The fourth-order valence-corrected chi connectivity index (χ4v) is 3.36. The lowest BCUT2D eigenvalue weighted by atomic mass is 10.2. The molecule has 1 aromatic heterocycles. The van der Waals surface area contributed by atoms with E-state index in [4.69, 9.17) is 0 Å². The van der Waals surface area contributed by atoms with Crippen LogP contribution in [0.5, 0.6) is 0 Å². The lowest BCUT2D eigenvalue weighted by molar-refractivity contribution is 0.801. The Kier molecular flexibility index (Phi) is 4.69. The van der Waals surface area contributed by atoms with E-state index in [1.807, 2.05) is 6.92 Å². The van der Waals surface area contributed by atoms with Gasteiger partial charge in [0.25, 0.3) is 0 Å². The predicted molar refractivity (Wildman–Crippen MR) is 79.6 cm³/mol. The van der Waals surface area contributed by atoms with Crippen LogP contribution in [-0.2, 0) is 0 Å². The summed E-state index contributed by atoms with van der Waals surface area (Å²) in [5.74, 6) is 4.05. The van der Waals surface area contributed by atoms with Crippen LogP contribution >= 0.6 is 11.8 Å². The summed E-state index contributed by atoms with van der Waals surface area (Å²) in [6.07, 6.45) is 2.67. The lowest BCUT2D eigenvalue weighted by Crippen LogP contribution is -2.16. The van der Waals surface area contributed by atoms with Crippen LogP contribution in [0.1, 0.15) is 31.2 Å². The lowest BCUT2D eigenvalue weighted by Gasteiger charge is -2.15. The number of aromatic nitrogens is 2. The Morgan fingerprint density at radius 2 is 1.94 bits per heavy atom. The van der Waals surface area contributed by atoms with E-state index in [-0.39, 0.29) is 0 Å². The van der Waals surface area contributed by atoms with E-state index in [0.717, 1.165) is 41.4 Å². The molecule has 2 N–H and O–H groups in total. The topological polar surface area (TPSA) is 49.8 Å². The molecule has 2 heterocycles. The van der Waals surface area contributed by atoms with Crippen molar-refractivity contribution in [2.24, 2.45) is 0 Å². The average Bonchev–Trinajstić information content (AvgIpc) is 2.85. The average molecular weight is 266 g/mol. The Bertz CT molecular complexity index is 402. The number of hydrogen-bond donors (Lipinski definition) is 2. The van der Waals surface area contributed by atoms with Crippen molar-refractivity contribution < 1.29 is 0 Å². The summed E-state index contributed by atoms with van der Waals surface area (Å²) < 4.78 is 0. The molecule has 1 saturated heterocycles. The molecule has 1 atom stereocenters. The molecule has 1 aliphatic rings. The fraction of sp³-hybridized carbons (Fsp3) is 0.692. The van der Waals surface area contributed by atoms with Crippen LogP contribution in [-0.4, -0.2) is 34.1 Å². The van der Waals surface area contributed by atoms with E-state index < -0.39 is 0 Å². The number of aryl methyl sites for hydroxylation is 1. The highest BCUT2D eigenvalue weighted by Crippen LogP contribution is 2.27. The molecule has 18 heavy (non-hydrogen) atoms. The predicted octanol–water partition coefficient (Wildman–Crippen LogP) is 2.83. The molecule has 0 aromatic carbocycles. The second-order valence-electron chi connectivity index (χ2n) is 4.64. The van der Waals surface area contributed by atoms with Crippen molar-refractivity contribution in [3.8, 4) is 0 Å². The van der Waals surface area contributed by atoms with E-state index in [1.165, 1.54) is 18.6 Å². The van der Waals surface area contributed by atoms with Gasteiger partial charge in [0, 0.05) is 23.9 Å². The van der Waals surface area contributed by atoms with Gasteiger partial charge in [-0.15, -0.1) is 0 Å². The summed E-state index contributed by atoms with van der Waals surface area (Å²) in [6, 6.07) is 0. The molecule has 1 aliphatic heterocycles. The molecule has 0 saturated carbocycles. The summed E-state index contributed by atoms with van der Waals surface area (Å²) in [7, 11) is 0. The normalized spacial score (nSPS) is 18.9. The van der Waals surface area contributed by atoms with Crippen molar-refractivity contribution in [3.63, 3.8) is 0 Å². The highest BCUT2D eigenvalue weighted by atomic mass is 32.2.